The molecule has 0 bridgehead atoms. The Balaban J connectivity index is 1.43. The first kappa shape index (κ1) is 20.7. The summed E-state index contributed by atoms with van der Waals surface area (Å²) in [5.41, 5.74) is 7.66. The molecule has 0 spiro atoms. The highest BCUT2D eigenvalue weighted by Crippen LogP contribution is 2.33. The zero-order valence-electron chi connectivity index (χ0n) is 18.8. The molecule has 9 nitrogen and oxygen atoms in total. The number of aromatic nitrogens is 7. The van der Waals surface area contributed by atoms with Crippen LogP contribution in [0.4, 0.5) is 5.69 Å². The third kappa shape index (κ3) is 3.78. The van der Waals surface area contributed by atoms with Gasteiger partial charge in [0.05, 0.1) is 34.6 Å². The Morgan fingerprint density at radius 3 is 2.60 bits per heavy atom. The van der Waals surface area contributed by atoms with Crippen LogP contribution >= 0.6 is 0 Å². The number of hydrogen-bond donors (Lipinski definition) is 3. The molecule has 1 aromatic carbocycles. The van der Waals surface area contributed by atoms with Gasteiger partial charge in [-0.2, -0.15) is 5.10 Å². The van der Waals surface area contributed by atoms with Crippen LogP contribution in [-0.2, 0) is 4.79 Å². The van der Waals surface area contributed by atoms with Crippen LogP contribution in [0.25, 0.3) is 55.7 Å². The van der Waals surface area contributed by atoms with Crippen LogP contribution in [-0.4, -0.2) is 41.0 Å². The highest BCUT2D eigenvalue weighted by molar-refractivity contribution is 5.98. The molecule has 9 heteroatoms. The summed E-state index contributed by atoms with van der Waals surface area (Å²) in [6.45, 7) is 1.81. The Labute approximate surface area is 199 Å². The first-order valence-corrected chi connectivity index (χ1v) is 11.2. The van der Waals surface area contributed by atoms with E-state index in [2.05, 4.69) is 35.5 Å². The van der Waals surface area contributed by atoms with Crippen molar-refractivity contribution in [2.75, 3.05) is 5.32 Å². The first-order chi connectivity index (χ1) is 17.2. The van der Waals surface area contributed by atoms with Crippen molar-refractivity contribution in [1.29, 1.82) is 0 Å². The standard InChI is InChI=1S/C26H20N8O/c1-2-23(35)30-18-9-17(11-28-12-18)16-3-4-21-19(10-16)25(34-33-21)26-31-22-14-29-13-20(24(22)32-26)15-5-7-27-8-6-15/h3-14H,2H2,1H3,(H,30,35)(H,31,32)(H,33,34). The minimum absolute atomic E-state index is 0.0537. The Morgan fingerprint density at radius 1 is 0.886 bits per heavy atom. The summed E-state index contributed by atoms with van der Waals surface area (Å²) in [4.78, 5) is 32.8. The molecule has 0 radical (unpaired) electrons. The normalized spacial score (nSPS) is 11.2. The van der Waals surface area contributed by atoms with Gasteiger partial charge in [0.15, 0.2) is 5.82 Å². The van der Waals surface area contributed by atoms with E-state index >= 15 is 0 Å². The maximum Gasteiger partial charge on any atom is 0.224 e. The van der Waals surface area contributed by atoms with Gasteiger partial charge in [-0.3, -0.25) is 24.8 Å². The number of nitrogens with one attached hydrogen (secondary N) is 3. The van der Waals surface area contributed by atoms with Crippen molar-refractivity contribution in [2.24, 2.45) is 0 Å². The van der Waals surface area contributed by atoms with Crippen LogP contribution in [0.1, 0.15) is 13.3 Å². The highest BCUT2D eigenvalue weighted by Gasteiger charge is 2.16. The van der Waals surface area contributed by atoms with E-state index in [-0.39, 0.29) is 5.91 Å². The van der Waals surface area contributed by atoms with E-state index < -0.39 is 0 Å². The molecule has 0 unspecified atom stereocenters. The molecule has 1 amide bonds. The molecule has 5 aromatic heterocycles. The van der Waals surface area contributed by atoms with Gasteiger partial charge in [0.2, 0.25) is 5.91 Å². The number of nitrogens with zero attached hydrogens (tertiary/aromatic N) is 5. The average molecular weight is 461 g/mol. The molecule has 0 fully saturated rings. The number of amides is 1. The minimum Gasteiger partial charge on any atom is -0.335 e. The first-order valence-electron chi connectivity index (χ1n) is 11.2. The van der Waals surface area contributed by atoms with Crippen LogP contribution in [0, 0.1) is 0 Å². The third-order valence-electron chi connectivity index (χ3n) is 5.85. The summed E-state index contributed by atoms with van der Waals surface area (Å²) in [5.74, 6) is 0.593. The lowest BCUT2D eigenvalue weighted by molar-refractivity contribution is -0.115. The maximum absolute atomic E-state index is 11.8. The molecule has 0 saturated carbocycles. The average Bonchev–Trinajstić information content (AvgIpc) is 3.53. The van der Waals surface area contributed by atoms with Crippen molar-refractivity contribution in [3.8, 4) is 33.8 Å². The van der Waals surface area contributed by atoms with Gasteiger partial charge in [-0.15, -0.1) is 0 Å². The van der Waals surface area contributed by atoms with Gasteiger partial charge in [-0.05, 0) is 41.5 Å². The topological polar surface area (TPSA) is 125 Å². The van der Waals surface area contributed by atoms with Crippen molar-refractivity contribution < 1.29 is 4.79 Å². The molecular weight excluding hydrogens is 440 g/mol. The molecule has 0 aliphatic heterocycles. The van der Waals surface area contributed by atoms with E-state index in [1.54, 1.807) is 37.2 Å². The van der Waals surface area contributed by atoms with Gasteiger partial charge in [0.25, 0.3) is 0 Å². The van der Waals surface area contributed by atoms with Crippen LogP contribution in [0.3, 0.4) is 0 Å². The zero-order chi connectivity index (χ0) is 23.8. The van der Waals surface area contributed by atoms with Gasteiger partial charge < -0.3 is 10.3 Å². The number of H-pyrrole nitrogens is 2. The number of benzene rings is 1. The molecule has 3 N–H and O–H groups in total. The Morgan fingerprint density at radius 2 is 1.74 bits per heavy atom. The van der Waals surface area contributed by atoms with Gasteiger partial charge in [-0.1, -0.05) is 13.0 Å². The lowest BCUT2D eigenvalue weighted by Gasteiger charge is -2.06. The Hall–Kier alpha value is -4.92. The van der Waals surface area contributed by atoms with E-state index in [0.29, 0.717) is 23.6 Å². The predicted octanol–water partition coefficient (Wildman–Crippen LogP) is 4.97. The monoisotopic (exact) mass is 460 g/mol. The number of rotatable bonds is 5. The Bertz CT molecular complexity index is 1690. The van der Waals surface area contributed by atoms with E-state index in [0.717, 1.165) is 44.2 Å². The summed E-state index contributed by atoms with van der Waals surface area (Å²) >= 11 is 0. The highest BCUT2D eigenvalue weighted by atomic mass is 16.1. The number of pyridine rings is 3. The number of hydrogen-bond acceptors (Lipinski definition) is 6. The summed E-state index contributed by atoms with van der Waals surface area (Å²) in [6.07, 6.45) is 10.9. The number of aromatic amines is 2. The fourth-order valence-corrected chi connectivity index (χ4v) is 4.08. The fraction of sp³-hybridized carbons (Fsp3) is 0.0769. The van der Waals surface area contributed by atoms with E-state index in [4.69, 9.17) is 4.98 Å². The zero-order valence-corrected chi connectivity index (χ0v) is 18.8. The molecule has 6 aromatic rings. The molecule has 35 heavy (non-hydrogen) atoms. The minimum atomic E-state index is -0.0537. The van der Waals surface area contributed by atoms with Crippen LogP contribution < -0.4 is 5.32 Å². The fourth-order valence-electron chi connectivity index (χ4n) is 4.08. The SMILES string of the molecule is CCC(=O)Nc1cncc(-c2ccc3[nH]nc(-c4nc5c(-c6ccncc6)cncc5[nH]4)c3c2)c1. The molecule has 0 aliphatic carbocycles. The second kappa shape index (κ2) is 8.45. The van der Waals surface area contributed by atoms with Crippen LogP contribution in [0.15, 0.2) is 73.6 Å². The quantitative estimate of drug-likeness (QED) is 0.333. The summed E-state index contributed by atoms with van der Waals surface area (Å²) in [7, 11) is 0. The van der Waals surface area contributed by atoms with Gasteiger partial charge in [0, 0.05) is 47.7 Å². The molecule has 6 rings (SSSR count). The van der Waals surface area contributed by atoms with Gasteiger partial charge in [-0.25, -0.2) is 4.98 Å². The number of imidazole rings is 1. The predicted molar refractivity (Wildman–Crippen MR) is 134 cm³/mol. The maximum atomic E-state index is 11.8. The van der Waals surface area contributed by atoms with Crippen LogP contribution in [0.2, 0.25) is 0 Å². The van der Waals surface area contributed by atoms with E-state index in [9.17, 15) is 4.79 Å². The summed E-state index contributed by atoms with van der Waals surface area (Å²) in [6, 6.07) is 11.8. The molecular formula is C26H20N8O. The van der Waals surface area contributed by atoms with Crippen molar-refractivity contribution >= 4 is 33.5 Å². The number of fused-ring (bicyclic) bond motifs is 2. The molecule has 5 heterocycles. The van der Waals surface area contributed by atoms with Crippen molar-refractivity contribution in [2.45, 2.75) is 13.3 Å². The second-order valence-corrected chi connectivity index (χ2v) is 8.10. The van der Waals surface area contributed by atoms with Gasteiger partial charge >= 0.3 is 0 Å². The van der Waals surface area contributed by atoms with Gasteiger partial charge in [0.1, 0.15) is 5.69 Å². The third-order valence-corrected chi connectivity index (χ3v) is 5.85. The van der Waals surface area contributed by atoms with Crippen LogP contribution in [0.5, 0.6) is 0 Å². The van der Waals surface area contributed by atoms with E-state index in [1.807, 2.05) is 43.3 Å². The van der Waals surface area contributed by atoms with Crippen molar-refractivity contribution in [3.05, 3.63) is 73.6 Å². The van der Waals surface area contributed by atoms with Crippen molar-refractivity contribution in [1.82, 2.24) is 35.1 Å². The molecule has 0 atom stereocenters. The van der Waals surface area contributed by atoms with E-state index in [1.165, 1.54) is 0 Å². The lowest BCUT2D eigenvalue weighted by atomic mass is 10.0. The van der Waals surface area contributed by atoms with Crippen molar-refractivity contribution in [3.63, 3.8) is 0 Å². The summed E-state index contributed by atoms with van der Waals surface area (Å²) in [5, 5.41) is 11.4. The second-order valence-electron chi connectivity index (χ2n) is 8.10. The molecule has 170 valence electrons. The summed E-state index contributed by atoms with van der Waals surface area (Å²) < 4.78 is 0. The number of carbonyl (C=O) groups is 1. The molecule has 0 aliphatic rings. The molecule has 0 saturated heterocycles. The largest absolute Gasteiger partial charge is 0.335 e. The lowest BCUT2D eigenvalue weighted by Crippen LogP contribution is -2.09. The Kier molecular flexibility index (Phi) is 4.99. The number of anilines is 1. The number of carbonyl (C=O) groups excluding carboxylic acids is 1. The smallest absolute Gasteiger partial charge is 0.224 e.